The van der Waals surface area contributed by atoms with Crippen LogP contribution in [-0.4, -0.2) is 33.9 Å². The van der Waals surface area contributed by atoms with E-state index in [2.05, 4.69) is 20.6 Å². The topological polar surface area (TPSA) is 136 Å². The molecule has 17 heavy (non-hydrogen) atoms. The Hall–Kier alpha value is -2.45. The van der Waals surface area contributed by atoms with Crippen LogP contribution < -0.4 is 16.4 Å². The molecule has 1 unspecified atom stereocenters. The number of nitro groups is 1. The fourth-order valence-corrected chi connectivity index (χ4v) is 1.12. The van der Waals surface area contributed by atoms with E-state index in [9.17, 15) is 14.9 Å². The number of nitrogen functional groups attached to an aromatic ring is 1. The quantitative estimate of drug-likeness (QED) is 0.477. The molecule has 0 bridgehead atoms. The third-order valence-electron chi connectivity index (χ3n) is 1.98. The SMILES string of the molecule is CNC(=O)C(C)Nc1nc(N)ncc1[N+](=O)[O-]. The van der Waals surface area contributed by atoms with Gasteiger partial charge in [0.2, 0.25) is 17.7 Å². The molecule has 0 radical (unpaired) electrons. The summed E-state index contributed by atoms with van der Waals surface area (Å²) in [5, 5.41) is 15.7. The van der Waals surface area contributed by atoms with Crippen molar-refractivity contribution >= 4 is 23.4 Å². The van der Waals surface area contributed by atoms with Crippen molar-refractivity contribution in [3.8, 4) is 0 Å². The predicted octanol–water partition coefficient (Wildman–Crippen LogP) is -0.487. The van der Waals surface area contributed by atoms with Gasteiger partial charge in [-0.05, 0) is 6.92 Å². The molecule has 0 aromatic carbocycles. The molecule has 0 fully saturated rings. The molecule has 0 aliphatic rings. The van der Waals surface area contributed by atoms with Crippen LogP contribution in [0.5, 0.6) is 0 Å². The van der Waals surface area contributed by atoms with Crippen LogP contribution in [-0.2, 0) is 4.79 Å². The maximum atomic E-state index is 11.3. The minimum Gasteiger partial charge on any atom is -0.368 e. The molecule has 1 aromatic heterocycles. The van der Waals surface area contributed by atoms with Crippen LogP contribution in [0.4, 0.5) is 17.5 Å². The molecule has 0 aliphatic heterocycles. The third kappa shape index (κ3) is 3.00. The van der Waals surface area contributed by atoms with Gasteiger partial charge in [-0.3, -0.25) is 14.9 Å². The van der Waals surface area contributed by atoms with E-state index in [4.69, 9.17) is 5.73 Å². The Kier molecular flexibility index (Phi) is 3.75. The molecule has 1 rings (SSSR count). The van der Waals surface area contributed by atoms with Crippen molar-refractivity contribution < 1.29 is 9.72 Å². The molecule has 1 heterocycles. The molecule has 1 amide bonds. The highest BCUT2D eigenvalue weighted by Crippen LogP contribution is 2.21. The van der Waals surface area contributed by atoms with Crippen molar-refractivity contribution in [1.29, 1.82) is 0 Å². The summed E-state index contributed by atoms with van der Waals surface area (Å²) in [5.74, 6) is -0.516. The predicted molar refractivity (Wildman–Crippen MR) is 60.3 cm³/mol. The van der Waals surface area contributed by atoms with Crippen molar-refractivity contribution in [3.05, 3.63) is 16.3 Å². The molecule has 0 spiro atoms. The monoisotopic (exact) mass is 240 g/mol. The Balaban J connectivity index is 3.00. The zero-order chi connectivity index (χ0) is 13.0. The van der Waals surface area contributed by atoms with Gasteiger partial charge in [0.05, 0.1) is 4.92 Å². The first kappa shape index (κ1) is 12.6. The van der Waals surface area contributed by atoms with E-state index >= 15 is 0 Å². The van der Waals surface area contributed by atoms with Gasteiger partial charge < -0.3 is 16.4 Å². The van der Waals surface area contributed by atoms with E-state index < -0.39 is 11.0 Å². The second-order valence-electron chi connectivity index (χ2n) is 3.20. The molecule has 0 saturated carbocycles. The first-order valence-corrected chi connectivity index (χ1v) is 4.70. The van der Waals surface area contributed by atoms with Crippen LogP contribution in [0.2, 0.25) is 0 Å². The number of rotatable bonds is 4. The molecule has 1 atom stereocenters. The van der Waals surface area contributed by atoms with Gasteiger partial charge in [0.25, 0.3) is 0 Å². The minimum absolute atomic E-state index is 0.0846. The van der Waals surface area contributed by atoms with Crippen LogP contribution in [0.1, 0.15) is 6.92 Å². The van der Waals surface area contributed by atoms with E-state index in [0.29, 0.717) is 0 Å². The first-order valence-electron chi connectivity index (χ1n) is 4.70. The van der Waals surface area contributed by atoms with Crippen LogP contribution in [0.15, 0.2) is 6.20 Å². The van der Waals surface area contributed by atoms with Crippen molar-refractivity contribution in [3.63, 3.8) is 0 Å². The lowest BCUT2D eigenvalue weighted by molar-refractivity contribution is -0.384. The summed E-state index contributed by atoms with van der Waals surface area (Å²) < 4.78 is 0. The standard InChI is InChI=1S/C8H12N6O3/c1-4(7(15)10-2)12-6-5(14(16)17)3-11-8(9)13-6/h3-4H,1-2H3,(H,10,15)(H3,9,11,12,13). The maximum absolute atomic E-state index is 11.3. The number of likely N-dealkylation sites (N-methyl/N-ethyl adjacent to an activating group) is 1. The lowest BCUT2D eigenvalue weighted by Gasteiger charge is -2.12. The van der Waals surface area contributed by atoms with Crippen LogP contribution in [0, 0.1) is 10.1 Å². The van der Waals surface area contributed by atoms with Crippen LogP contribution in [0.25, 0.3) is 0 Å². The summed E-state index contributed by atoms with van der Waals surface area (Å²) in [4.78, 5) is 28.5. The fraction of sp³-hybridized carbons (Fsp3) is 0.375. The number of hydrogen-bond donors (Lipinski definition) is 3. The third-order valence-corrected chi connectivity index (χ3v) is 1.98. The van der Waals surface area contributed by atoms with Crippen molar-refractivity contribution in [2.75, 3.05) is 18.1 Å². The summed E-state index contributed by atoms with van der Waals surface area (Å²) in [6, 6.07) is -0.673. The Morgan fingerprint density at radius 2 is 2.29 bits per heavy atom. The van der Waals surface area contributed by atoms with E-state index in [1.165, 1.54) is 7.05 Å². The Labute approximate surface area is 96.6 Å². The number of nitrogens with two attached hydrogens (primary N) is 1. The van der Waals surface area contributed by atoms with Crippen LogP contribution >= 0.6 is 0 Å². The molecule has 9 nitrogen and oxygen atoms in total. The average molecular weight is 240 g/mol. The Bertz CT molecular complexity index is 449. The number of hydrogen-bond acceptors (Lipinski definition) is 7. The number of nitrogens with one attached hydrogen (secondary N) is 2. The molecule has 4 N–H and O–H groups in total. The zero-order valence-corrected chi connectivity index (χ0v) is 9.30. The Morgan fingerprint density at radius 3 is 2.82 bits per heavy atom. The molecule has 0 aliphatic carbocycles. The maximum Gasteiger partial charge on any atom is 0.329 e. The normalized spacial score (nSPS) is 11.6. The largest absolute Gasteiger partial charge is 0.368 e. The fourth-order valence-electron chi connectivity index (χ4n) is 1.12. The Morgan fingerprint density at radius 1 is 1.65 bits per heavy atom. The molecule has 9 heteroatoms. The number of carbonyl (C=O) groups excluding carboxylic acids is 1. The average Bonchev–Trinajstić information content (AvgIpc) is 2.27. The summed E-state index contributed by atoms with van der Waals surface area (Å²) in [5.41, 5.74) is 4.99. The highest BCUT2D eigenvalue weighted by molar-refractivity contribution is 5.84. The van der Waals surface area contributed by atoms with Gasteiger partial charge in [0.15, 0.2) is 0 Å². The van der Waals surface area contributed by atoms with E-state index in [1.54, 1.807) is 6.92 Å². The summed E-state index contributed by atoms with van der Waals surface area (Å²) in [7, 11) is 1.46. The van der Waals surface area contributed by atoms with E-state index in [0.717, 1.165) is 6.20 Å². The number of nitrogens with zero attached hydrogens (tertiary/aromatic N) is 3. The van der Waals surface area contributed by atoms with Crippen molar-refractivity contribution in [2.45, 2.75) is 13.0 Å². The van der Waals surface area contributed by atoms with E-state index in [-0.39, 0.29) is 23.4 Å². The van der Waals surface area contributed by atoms with Gasteiger partial charge in [-0.2, -0.15) is 4.98 Å². The molecular formula is C8H12N6O3. The van der Waals surface area contributed by atoms with Crippen molar-refractivity contribution in [2.24, 2.45) is 0 Å². The summed E-state index contributed by atoms with van der Waals surface area (Å²) in [6.07, 6.45) is 0.987. The number of amides is 1. The second kappa shape index (κ2) is 5.05. The van der Waals surface area contributed by atoms with E-state index in [1.807, 2.05) is 0 Å². The highest BCUT2D eigenvalue weighted by atomic mass is 16.6. The molecular weight excluding hydrogens is 228 g/mol. The van der Waals surface area contributed by atoms with Gasteiger partial charge in [0.1, 0.15) is 12.2 Å². The van der Waals surface area contributed by atoms with Gasteiger partial charge in [-0.15, -0.1) is 0 Å². The van der Waals surface area contributed by atoms with Gasteiger partial charge >= 0.3 is 5.69 Å². The van der Waals surface area contributed by atoms with Crippen molar-refractivity contribution in [1.82, 2.24) is 15.3 Å². The molecule has 0 saturated heterocycles. The molecule has 92 valence electrons. The number of aromatic nitrogens is 2. The number of anilines is 2. The lowest BCUT2D eigenvalue weighted by atomic mass is 10.3. The first-order chi connectivity index (χ1) is 7.95. The van der Waals surface area contributed by atoms with Gasteiger partial charge in [0, 0.05) is 7.05 Å². The second-order valence-corrected chi connectivity index (χ2v) is 3.20. The minimum atomic E-state index is -0.673. The lowest BCUT2D eigenvalue weighted by Crippen LogP contribution is -2.35. The summed E-state index contributed by atoms with van der Waals surface area (Å²) in [6.45, 7) is 1.54. The zero-order valence-electron chi connectivity index (χ0n) is 9.30. The van der Waals surface area contributed by atoms with Gasteiger partial charge in [-0.1, -0.05) is 0 Å². The number of carbonyl (C=O) groups is 1. The highest BCUT2D eigenvalue weighted by Gasteiger charge is 2.20. The van der Waals surface area contributed by atoms with Gasteiger partial charge in [-0.25, -0.2) is 4.98 Å². The smallest absolute Gasteiger partial charge is 0.329 e. The summed E-state index contributed by atoms with van der Waals surface area (Å²) >= 11 is 0. The molecule has 1 aromatic rings. The van der Waals surface area contributed by atoms with Crippen LogP contribution in [0.3, 0.4) is 0 Å².